The highest BCUT2D eigenvalue weighted by atomic mass is 32.2. The Hall–Kier alpha value is -3.59. The summed E-state index contributed by atoms with van der Waals surface area (Å²) >= 11 is 1.22. The number of aromatic nitrogens is 5. The number of hydrogen-bond donors (Lipinski definition) is 3. The number of nitrogens with one attached hydrogen (secondary N) is 2. The fourth-order valence-electron chi connectivity index (χ4n) is 3.03. The van der Waals surface area contributed by atoms with E-state index >= 15 is 0 Å². The Morgan fingerprint density at radius 1 is 1.13 bits per heavy atom. The summed E-state index contributed by atoms with van der Waals surface area (Å²) < 4.78 is 1.36. The molecule has 0 aliphatic rings. The maximum Gasteiger partial charge on any atom is 0.234 e. The molecule has 0 radical (unpaired) electrons. The molecule has 1 amide bonds. The van der Waals surface area contributed by atoms with Crippen molar-refractivity contribution in [1.82, 2.24) is 25.1 Å². The molecule has 0 bridgehead atoms. The zero-order valence-corrected chi connectivity index (χ0v) is 18.1. The zero-order valence-electron chi connectivity index (χ0n) is 17.2. The van der Waals surface area contributed by atoms with E-state index in [1.54, 1.807) is 0 Å². The number of carbonyl (C=O) groups is 1. The number of thioether (sulfide) groups is 1. The van der Waals surface area contributed by atoms with Crippen LogP contribution in [0.4, 0.5) is 5.69 Å². The van der Waals surface area contributed by atoms with Crippen molar-refractivity contribution in [2.75, 3.05) is 16.9 Å². The average molecular weight is 434 g/mol. The summed E-state index contributed by atoms with van der Waals surface area (Å²) in [5.74, 6) is 7.08. The van der Waals surface area contributed by atoms with E-state index in [9.17, 15) is 4.79 Å². The van der Waals surface area contributed by atoms with Gasteiger partial charge in [0.1, 0.15) is 5.69 Å². The average Bonchev–Trinajstić information content (AvgIpc) is 3.40. The molecule has 0 saturated heterocycles. The number of H-pyrrole nitrogens is 1. The second-order valence-corrected chi connectivity index (χ2v) is 8.27. The minimum Gasteiger partial charge on any atom is -0.335 e. The van der Waals surface area contributed by atoms with Crippen molar-refractivity contribution >= 4 is 23.4 Å². The number of nitrogens with two attached hydrogens (primary N) is 1. The van der Waals surface area contributed by atoms with Crippen LogP contribution in [0, 0.1) is 0 Å². The number of aromatic amines is 1. The Morgan fingerprint density at radius 3 is 2.58 bits per heavy atom. The van der Waals surface area contributed by atoms with Crippen LogP contribution in [0.15, 0.2) is 65.8 Å². The van der Waals surface area contributed by atoms with E-state index in [2.05, 4.69) is 39.6 Å². The zero-order chi connectivity index (χ0) is 21.8. The van der Waals surface area contributed by atoms with Gasteiger partial charge in [0, 0.05) is 11.3 Å². The summed E-state index contributed by atoms with van der Waals surface area (Å²) in [5, 5.41) is 18.8. The molecule has 0 aliphatic heterocycles. The molecule has 4 N–H and O–H groups in total. The highest BCUT2D eigenvalue weighted by Gasteiger charge is 2.16. The standard InChI is InChI=1S/C22H23N7OS/c1-14(2)15-8-10-17(11-9-15)24-20(30)13-31-22-28-27-21(29(22)23)19-12-18(25-26-19)16-6-4-3-5-7-16/h3-12,14H,13,23H2,1-2H3,(H,24,30)(H,25,26). The van der Waals surface area contributed by atoms with Gasteiger partial charge < -0.3 is 11.2 Å². The van der Waals surface area contributed by atoms with Crippen molar-refractivity contribution in [2.24, 2.45) is 0 Å². The molecule has 0 aliphatic carbocycles. The van der Waals surface area contributed by atoms with E-state index in [4.69, 9.17) is 5.84 Å². The van der Waals surface area contributed by atoms with Crippen LogP contribution < -0.4 is 11.2 Å². The number of nitrogen functional groups attached to an aromatic ring is 1. The maximum absolute atomic E-state index is 12.3. The molecule has 0 unspecified atom stereocenters. The van der Waals surface area contributed by atoms with Gasteiger partial charge in [-0.2, -0.15) is 5.10 Å². The lowest BCUT2D eigenvalue weighted by atomic mass is 10.0. The minimum atomic E-state index is -0.139. The molecule has 158 valence electrons. The largest absolute Gasteiger partial charge is 0.335 e. The number of hydrogen-bond acceptors (Lipinski definition) is 6. The Labute approximate surface area is 184 Å². The molecule has 0 saturated carbocycles. The summed E-state index contributed by atoms with van der Waals surface area (Å²) in [6.07, 6.45) is 0. The summed E-state index contributed by atoms with van der Waals surface area (Å²) in [6, 6.07) is 19.5. The first-order valence-electron chi connectivity index (χ1n) is 9.85. The van der Waals surface area contributed by atoms with E-state index < -0.39 is 0 Å². The van der Waals surface area contributed by atoms with Crippen LogP contribution in [0.25, 0.3) is 22.8 Å². The SMILES string of the molecule is CC(C)c1ccc(NC(=O)CSc2nnc(-c3cc(-c4ccccc4)n[nH]3)n2N)cc1. The van der Waals surface area contributed by atoms with Crippen molar-refractivity contribution in [3.8, 4) is 22.8 Å². The fourth-order valence-corrected chi connectivity index (χ4v) is 3.69. The Kier molecular flexibility index (Phi) is 6.03. The first-order valence-corrected chi connectivity index (χ1v) is 10.8. The topological polar surface area (TPSA) is 115 Å². The Balaban J connectivity index is 1.38. The lowest BCUT2D eigenvalue weighted by molar-refractivity contribution is -0.113. The molecule has 4 rings (SSSR count). The molecular formula is C22H23N7OS. The first-order chi connectivity index (χ1) is 15.0. The van der Waals surface area contributed by atoms with Crippen molar-refractivity contribution in [3.63, 3.8) is 0 Å². The molecule has 31 heavy (non-hydrogen) atoms. The van der Waals surface area contributed by atoms with Crippen molar-refractivity contribution < 1.29 is 4.79 Å². The third-order valence-electron chi connectivity index (χ3n) is 4.75. The second-order valence-electron chi connectivity index (χ2n) is 7.32. The predicted molar refractivity (Wildman–Crippen MR) is 123 cm³/mol. The molecular weight excluding hydrogens is 410 g/mol. The highest BCUT2D eigenvalue weighted by molar-refractivity contribution is 7.99. The van der Waals surface area contributed by atoms with Crippen LogP contribution in [0.3, 0.4) is 0 Å². The third kappa shape index (κ3) is 4.77. The first kappa shape index (κ1) is 20.7. The lowest BCUT2D eigenvalue weighted by Crippen LogP contribution is -2.16. The van der Waals surface area contributed by atoms with Gasteiger partial charge in [-0.25, -0.2) is 4.68 Å². The summed E-state index contributed by atoms with van der Waals surface area (Å²) in [6.45, 7) is 4.26. The van der Waals surface area contributed by atoms with E-state index in [1.807, 2.05) is 60.7 Å². The van der Waals surface area contributed by atoms with Gasteiger partial charge >= 0.3 is 0 Å². The number of carbonyl (C=O) groups excluding carboxylic acids is 1. The highest BCUT2D eigenvalue weighted by Crippen LogP contribution is 2.24. The van der Waals surface area contributed by atoms with E-state index in [1.165, 1.54) is 22.0 Å². The molecule has 0 spiro atoms. The molecule has 9 heteroatoms. The number of nitrogens with zero attached hydrogens (tertiary/aromatic N) is 4. The fraction of sp³-hybridized carbons (Fsp3) is 0.182. The molecule has 2 heterocycles. The molecule has 4 aromatic rings. The minimum absolute atomic E-state index is 0.139. The van der Waals surface area contributed by atoms with Crippen molar-refractivity contribution in [2.45, 2.75) is 24.9 Å². The number of anilines is 1. The number of rotatable bonds is 7. The monoisotopic (exact) mass is 433 g/mol. The van der Waals surface area contributed by atoms with Gasteiger partial charge in [-0.1, -0.05) is 68.1 Å². The van der Waals surface area contributed by atoms with Gasteiger partial charge in [0.25, 0.3) is 0 Å². The second kappa shape index (κ2) is 9.05. The molecule has 2 aromatic heterocycles. The van der Waals surface area contributed by atoms with Crippen LogP contribution in [0.5, 0.6) is 0 Å². The van der Waals surface area contributed by atoms with Gasteiger partial charge in [0.15, 0.2) is 0 Å². The molecule has 8 nitrogen and oxygen atoms in total. The Morgan fingerprint density at radius 2 is 1.87 bits per heavy atom. The Bertz CT molecular complexity index is 1170. The van der Waals surface area contributed by atoms with E-state index in [0.29, 0.717) is 22.6 Å². The number of amides is 1. The third-order valence-corrected chi connectivity index (χ3v) is 5.69. The lowest BCUT2D eigenvalue weighted by Gasteiger charge is -2.08. The predicted octanol–water partition coefficient (Wildman–Crippen LogP) is 3.90. The van der Waals surface area contributed by atoms with Crippen LogP contribution in [0.1, 0.15) is 25.3 Å². The smallest absolute Gasteiger partial charge is 0.234 e. The summed E-state index contributed by atoms with van der Waals surface area (Å²) in [7, 11) is 0. The van der Waals surface area contributed by atoms with Crippen molar-refractivity contribution in [1.29, 1.82) is 0 Å². The van der Waals surface area contributed by atoms with Crippen LogP contribution in [-0.4, -0.2) is 36.7 Å². The van der Waals surface area contributed by atoms with Gasteiger partial charge in [-0.15, -0.1) is 10.2 Å². The van der Waals surface area contributed by atoms with E-state index in [0.717, 1.165) is 16.9 Å². The van der Waals surface area contributed by atoms with Crippen molar-refractivity contribution in [3.05, 3.63) is 66.2 Å². The maximum atomic E-state index is 12.3. The summed E-state index contributed by atoms with van der Waals surface area (Å²) in [5.41, 5.74) is 4.41. The van der Waals surface area contributed by atoms with Crippen LogP contribution in [0.2, 0.25) is 0 Å². The molecule has 2 aromatic carbocycles. The quantitative estimate of drug-likeness (QED) is 0.301. The molecule has 0 fully saturated rings. The number of benzene rings is 2. The van der Waals surface area contributed by atoms with E-state index in [-0.39, 0.29) is 11.7 Å². The van der Waals surface area contributed by atoms with Gasteiger partial charge in [0.05, 0.1) is 11.4 Å². The normalized spacial score (nSPS) is 11.1. The van der Waals surface area contributed by atoms with Crippen LogP contribution >= 0.6 is 11.8 Å². The molecule has 0 atom stereocenters. The van der Waals surface area contributed by atoms with Crippen LogP contribution in [-0.2, 0) is 4.79 Å². The summed E-state index contributed by atoms with van der Waals surface area (Å²) in [4.78, 5) is 12.3. The van der Waals surface area contributed by atoms with Gasteiger partial charge in [-0.05, 0) is 29.7 Å². The van der Waals surface area contributed by atoms with Gasteiger partial charge in [-0.3, -0.25) is 9.89 Å². The van der Waals surface area contributed by atoms with Gasteiger partial charge in [0.2, 0.25) is 16.9 Å².